The molecule has 0 radical (unpaired) electrons. The van der Waals surface area contributed by atoms with Crippen molar-refractivity contribution in [2.45, 2.75) is 19.6 Å². The molecule has 2 aromatic carbocycles. The number of nitrogens with zero attached hydrogens (tertiary/aromatic N) is 1. The summed E-state index contributed by atoms with van der Waals surface area (Å²) in [6.45, 7) is 7.02. The van der Waals surface area contributed by atoms with Gasteiger partial charge in [0.25, 0.3) is 0 Å². The molecule has 0 N–H and O–H groups in total. The first-order valence-corrected chi connectivity index (χ1v) is 11.3. The summed E-state index contributed by atoms with van der Waals surface area (Å²) >= 11 is 0. The van der Waals surface area contributed by atoms with Crippen molar-refractivity contribution in [2.75, 3.05) is 0 Å². The molecule has 4 rings (SSSR count). The molecule has 0 aliphatic rings. The summed E-state index contributed by atoms with van der Waals surface area (Å²) in [4.78, 5) is 4.41. The largest absolute Gasteiger partial charge is 0.455 e. The highest BCUT2D eigenvalue weighted by Gasteiger charge is 2.19. The van der Waals surface area contributed by atoms with E-state index in [2.05, 4.69) is 48.9 Å². The molecule has 0 bridgehead atoms. The Hall–Kier alpha value is -2.39. The molecule has 0 saturated heterocycles. The number of rotatable bonds is 2. The van der Waals surface area contributed by atoms with Crippen molar-refractivity contribution in [3.63, 3.8) is 0 Å². The molecule has 0 aliphatic carbocycles. The van der Waals surface area contributed by atoms with Gasteiger partial charge in [-0.2, -0.15) is 0 Å². The van der Waals surface area contributed by atoms with Gasteiger partial charge in [-0.05, 0) is 24.3 Å². The van der Waals surface area contributed by atoms with Crippen LogP contribution >= 0.6 is 0 Å². The summed E-state index contributed by atoms with van der Waals surface area (Å²) in [6, 6.07) is 16.6. The molecule has 0 unspecified atom stereocenters. The summed E-state index contributed by atoms with van der Waals surface area (Å²) in [5.74, 6) is 0. The molecule has 0 fully saturated rings. The van der Waals surface area contributed by atoms with Crippen molar-refractivity contribution in [1.29, 1.82) is 0 Å². The number of pyridine rings is 1. The lowest BCUT2D eigenvalue weighted by Gasteiger charge is -2.15. The maximum absolute atomic E-state index is 7.83. The SMILES string of the molecule is [2H]c1ccnc(-c2cccc3c2oc2cc([Si](C)(C)C)ccc23)c1. The third-order valence-electron chi connectivity index (χ3n) is 4.25. The van der Waals surface area contributed by atoms with E-state index in [1.54, 1.807) is 18.3 Å². The van der Waals surface area contributed by atoms with Crippen LogP contribution in [-0.2, 0) is 0 Å². The Morgan fingerprint density at radius 1 is 1.00 bits per heavy atom. The van der Waals surface area contributed by atoms with Crippen LogP contribution in [0.25, 0.3) is 33.2 Å². The lowest BCUT2D eigenvalue weighted by atomic mass is 10.1. The quantitative estimate of drug-likeness (QED) is 0.475. The molecule has 0 amide bonds. The standard InChI is InChI=1S/C20H19NOSi/c1-23(2,3)14-10-11-15-16-7-6-8-17(18-9-4-5-12-21-18)20(16)22-19(15)13-14/h4-13H,1-3H3/i4D. The van der Waals surface area contributed by atoms with Crippen LogP contribution in [0, 0.1) is 0 Å². The van der Waals surface area contributed by atoms with Crippen molar-refractivity contribution < 1.29 is 5.79 Å². The van der Waals surface area contributed by atoms with Crippen molar-refractivity contribution >= 4 is 35.2 Å². The maximum Gasteiger partial charge on any atom is 0.144 e. The molecular formula is C20H19NOSi. The van der Waals surface area contributed by atoms with E-state index in [1.807, 2.05) is 12.1 Å². The Bertz CT molecular complexity index is 1060. The lowest BCUT2D eigenvalue weighted by molar-refractivity contribution is 0.670. The number of furan rings is 1. The minimum atomic E-state index is -1.38. The van der Waals surface area contributed by atoms with Gasteiger partial charge >= 0.3 is 0 Å². The van der Waals surface area contributed by atoms with E-state index >= 15 is 0 Å². The summed E-state index contributed by atoms with van der Waals surface area (Å²) < 4.78 is 14.1. The molecule has 2 nitrogen and oxygen atoms in total. The minimum absolute atomic E-state index is 0.453. The van der Waals surface area contributed by atoms with Crippen molar-refractivity contribution in [3.05, 3.63) is 60.8 Å². The van der Waals surface area contributed by atoms with Gasteiger partial charge in [-0.3, -0.25) is 4.98 Å². The molecule has 4 aromatic rings. The van der Waals surface area contributed by atoms with Crippen molar-refractivity contribution in [3.8, 4) is 11.3 Å². The normalized spacial score (nSPS) is 12.7. The molecule has 2 heterocycles. The highest BCUT2D eigenvalue weighted by atomic mass is 28.3. The van der Waals surface area contributed by atoms with E-state index < -0.39 is 8.07 Å². The number of fused-ring (bicyclic) bond motifs is 3. The van der Waals surface area contributed by atoms with E-state index in [0.717, 1.165) is 33.2 Å². The van der Waals surface area contributed by atoms with E-state index in [9.17, 15) is 0 Å². The second-order valence-electron chi connectivity index (χ2n) is 6.89. The first-order chi connectivity index (χ1) is 11.4. The van der Waals surface area contributed by atoms with Crippen molar-refractivity contribution in [1.82, 2.24) is 4.98 Å². The van der Waals surface area contributed by atoms with Crippen LogP contribution in [0.1, 0.15) is 1.37 Å². The highest BCUT2D eigenvalue weighted by Crippen LogP contribution is 2.34. The van der Waals surface area contributed by atoms with Gasteiger partial charge < -0.3 is 4.42 Å². The van der Waals surface area contributed by atoms with Gasteiger partial charge in [0, 0.05) is 22.5 Å². The van der Waals surface area contributed by atoms with Crippen LogP contribution in [0.4, 0.5) is 0 Å². The molecular weight excluding hydrogens is 298 g/mol. The molecule has 3 heteroatoms. The third kappa shape index (κ3) is 2.37. The van der Waals surface area contributed by atoms with Gasteiger partial charge in [-0.15, -0.1) is 0 Å². The van der Waals surface area contributed by atoms with Gasteiger partial charge in [0.15, 0.2) is 0 Å². The molecule has 0 atom stereocenters. The zero-order valence-corrected chi connectivity index (χ0v) is 14.6. The Morgan fingerprint density at radius 2 is 1.87 bits per heavy atom. The zero-order chi connectivity index (χ0) is 16.9. The maximum atomic E-state index is 7.83. The van der Waals surface area contributed by atoms with Crippen LogP contribution < -0.4 is 5.19 Å². The van der Waals surface area contributed by atoms with Crippen LogP contribution in [0.3, 0.4) is 0 Å². The summed E-state index contributed by atoms with van der Waals surface area (Å²) in [5, 5.41) is 3.62. The minimum Gasteiger partial charge on any atom is -0.455 e. The zero-order valence-electron chi connectivity index (χ0n) is 14.6. The Balaban J connectivity index is 2.00. The Morgan fingerprint density at radius 3 is 2.65 bits per heavy atom. The smallest absolute Gasteiger partial charge is 0.144 e. The molecule has 0 spiro atoms. The average molecular weight is 318 g/mol. The Labute approximate surface area is 138 Å². The number of hydrogen-bond donors (Lipinski definition) is 0. The second kappa shape index (κ2) is 5.07. The van der Waals surface area contributed by atoms with Gasteiger partial charge in [-0.25, -0.2) is 0 Å². The summed E-state index contributed by atoms with van der Waals surface area (Å²) in [5.41, 5.74) is 3.49. The number of aromatic nitrogens is 1. The number of benzene rings is 2. The molecule has 0 aliphatic heterocycles. The molecule has 114 valence electrons. The summed E-state index contributed by atoms with van der Waals surface area (Å²) in [7, 11) is -1.38. The Kier molecular flexibility index (Phi) is 2.88. The van der Waals surface area contributed by atoms with Gasteiger partial charge in [0.2, 0.25) is 0 Å². The fourth-order valence-corrected chi connectivity index (χ4v) is 4.09. The van der Waals surface area contributed by atoms with E-state index in [0.29, 0.717) is 6.04 Å². The first kappa shape index (κ1) is 13.1. The van der Waals surface area contributed by atoms with Gasteiger partial charge in [0.1, 0.15) is 11.2 Å². The predicted molar refractivity (Wildman–Crippen MR) is 99.9 cm³/mol. The molecule has 0 saturated carbocycles. The topological polar surface area (TPSA) is 26.0 Å². The monoisotopic (exact) mass is 318 g/mol. The summed E-state index contributed by atoms with van der Waals surface area (Å²) in [6.07, 6.45) is 1.67. The third-order valence-corrected chi connectivity index (χ3v) is 6.29. The fourth-order valence-electron chi connectivity index (χ4n) is 2.94. The molecule has 2 aromatic heterocycles. The highest BCUT2D eigenvalue weighted by molar-refractivity contribution is 6.88. The van der Waals surface area contributed by atoms with Crippen molar-refractivity contribution in [2.24, 2.45) is 0 Å². The van der Waals surface area contributed by atoms with E-state index in [1.165, 1.54) is 5.19 Å². The van der Waals surface area contributed by atoms with Gasteiger partial charge in [-0.1, -0.05) is 55.1 Å². The first-order valence-electron chi connectivity index (χ1n) is 8.32. The second-order valence-corrected chi connectivity index (χ2v) is 12.0. The van der Waals surface area contributed by atoms with E-state index in [4.69, 9.17) is 5.79 Å². The van der Waals surface area contributed by atoms with Crippen LogP contribution in [0.2, 0.25) is 19.6 Å². The van der Waals surface area contributed by atoms with Crippen LogP contribution in [0.5, 0.6) is 0 Å². The lowest BCUT2D eigenvalue weighted by Crippen LogP contribution is -2.37. The van der Waals surface area contributed by atoms with Gasteiger partial charge in [0.05, 0.1) is 15.1 Å². The number of hydrogen-bond acceptors (Lipinski definition) is 2. The molecule has 23 heavy (non-hydrogen) atoms. The number of para-hydroxylation sites is 1. The van der Waals surface area contributed by atoms with E-state index in [-0.39, 0.29) is 0 Å². The van der Waals surface area contributed by atoms with Crippen LogP contribution in [-0.4, -0.2) is 13.1 Å². The fraction of sp³-hybridized carbons (Fsp3) is 0.150. The van der Waals surface area contributed by atoms with Crippen LogP contribution in [0.15, 0.2) is 65.2 Å². The average Bonchev–Trinajstić information content (AvgIpc) is 2.91. The predicted octanol–water partition coefficient (Wildman–Crippen LogP) is 5.19.